The summed E-state index contributed by atoms with van der Waals surface area (Å²) in [6.07, 6.45) is -0.593. The van der Waals surface area contributed by atoms with Crippen LogP contribution in [0, 0.1) is 0 Å². The third-order valence-electron chi connectivity index (χ3n) is 2.39. The van der Waals surface area contributed by atoms with Gasteiger partial charge in [-0.15, -0.1) is 0 Å². The van der Waals surface area contributed by atoms with Gasteiger partial charge in [0, 0.05) is 13.8 Å². The van der Waals surface area contributed by atoms with Crippen LogP contribution in [0.1, 0.15) is 47.4 Å². The van der Waals surface area contributed by atoms with Gasteiger partial charge in [0.2, 0.25) is 0 Å². The van der Waals surface area contributed by atoms with E-state index in [0.717, 1.165) is 13.8 Å². The van der Waals surface area contributed by atoms with E-state index in [2.05, 4.69) is 9.47 Å². The van der Waals surface area contributed by atoms with Crippen molar-refractivity contribution in [1.29, 1.82) is 0 Å². The van der Waals surface area contributed by atoms with E-state index in [4.69, 9.17) is 10.2 Å². The van der Waals surface area contributed by atoms with Crippen LogP contribution in [0.25, 0.3) is 0 Å². The zero-order chi connectivity index (χ0) is 20.3. The normalized spacial score (nSPS) is 9.15. The van der Waals surface area contributed by atoms with Crippen LogP contribution in [-0.4, -0.2) is 46.0 Å². The first-order chi connectivity index (χ1) is 12.0. The largest absolute Gasteiger partial charge is 0.481 e. The van der Waals surface area contributed by atoms with Gasteiger partial charge in [-0.05, 0) is 12.1 Å². The number of hydrogen-bond acceptors (Lipinski definition) is 8. The fraction of sp³-hybridized carbons (Fsp3) is 0.250. The molecule has 10 nitrogen and oxygen atoms in total. The topological polar surface area (TPSA) is 161 Å². The van der Waals surface area contributed by atoms with Crippen LogP contribution < -0.4 is 0 Å². The maximum absolute atomic E-state index is 11.5. The standard InChI is InChI=1S/C12H10O6.C4H6O4/c1-7(13)17-11(15)9-5-3-4-6-10(9)12(16)18-8(2)14;5-3(6)1-2-4(7)8/h3-6H,1-2H3;1-2H2,(H,5,6)(H,7,8). The maximum Gasteiger partial charge on any atom is 0.346 e. The minimum Gasteiger partial charge on any atom is -0.481 e. The second kappa shape index (κ2) is 11.1. The monoisotopic (exact) mass is 368 g/mol. The first-order valence-electron chi connectivity index (χ1n) is 7.02. The summed E-state index contributed by atoms with van der Waals surface area (Å²) in [4.78, 5) is 63.7. The number of carbonyl (C=O) groups is 6. The van der Waals surface area contributed by atoms with E-state index < -0.39 is 35.8 Å². The van der Waals surface area contributed by atoms with Gasteiger partial charge in [-0.2, -0.15) is 0 Å². The molecule has 1 aromatic rings. The molecule has 0 aliphatic rings. The summed E-state index contributed by atoms with van der Waals surface area (Å²) in [5.41, 5.74) is -0.280. The van der Waals surface area contributed by atoms with E-state index in [1.165, 1.54) is 24.3 Å². The molecule has 1 aromatic carbocycles. The highest BCUT2D eigenvalue weighted by atomic mass is 16.6. The first kappa shape index (κ1) is 22.4. The molecule has 0 fully saturated rings. The molecule has 0 saturated heterocycles. The predicted molar refractivity (Wildman–Crippen MR) is 83.1 cm³/mol. The van der Waals surface area contributed by atoms with E-state index in [1.807, 2.05) is 0 Å². The van der Waals surface area contributed by atoms with Crippen LogP contribution in [0.4, 0.5) is 0 Å². The van der Waals surface area contributed by atoms with Crippen molar-refractivity contribution in [1.82, 2.24) is 0 Å². The van der Waals surface area contributed by atoms with Crippen LogP contribution in [-0.2, 0) is 28.7 Å². The first-order valence-corrected chi connectivity index (χ1v) is 7.02. The Hall–Kier alpha value is -3.56. The third-order valence-corrected chi connectivity index (χ3v) is 2.39. The lowest BCUT2D eigenvalue weighted by Gasteiger charge is -2.06. The lowest BCUT2D eigenvalue weighted by atomic mass is 10.1. The summed E-state index contributed by atoms with van der Waals surface area (Å²) in [5.74, 6) is -5.69. The van der Waals surface area contributed by atoms with Crippen LogP contribution in [0.3, 0.4) is 0 Å². The van der Waals surface area contributed by atoms with Crippen LogP contribution in [0.15, 0.2) is 24.3 Å². The molecular weight excluding hydrogens is 352 g/mol. The SMILES string of the molecule is CC(=O)OC(=O)c1ccccc1C(=O)OC(C)=O.O=C(O)CCC(=O)O. The Kier molecular flexibility index (Phi) is 9.56. The quantitative estimate of drug-likeness (QED) is 0.567. The van der Waals surface area contributed by atoms with Gasteiger partial charge in [-0.25, -0.2) is 9.59 Å². The van der Waals surface area contributed by atoms with E-state index in [1.54, 1.807) is 0 Å². The fourth-order valence-corrected chi connectivity index (χ4v) is 1.42. The van der Waals surface area contributed by atoms with Crippen molar-refractivity contribution in [2.75, 3.05) is 0 Å². The minimum absolute atomic E-state index is 0.140. The molecule has 0 saturated carbocycles. The van der Waals surface area contributed by atoms with Crippen molar-refractivity contribution in [3.05, 3.63) is 35.4 Å². The Morgan fingerprint density at radius 1 is 0.731 bits per heavy atom. The third kappa shape index (κ3) is 9.55. The average Bonchev–Trinajstić information content (AvgIpc) is 2.52. The van der Waals surface area contributed by atoms with Crippen molar-refractivity contribution in [2.45, 2.75) is 26.7 Å². The molecule has 0 aromatic heterocycles. The molecule has 10 heteroatoms. The number of hydrogen-bond donors (Lipinski definition) is 2. The lowest BCUT2D eigenvalue weighted by Crippen LogP contribution is -2.17. The van der Waals surface area contributed by atoms with Crippen molar-refractivity contribution in [2.24, 2.45) is 0 Å². The van der Waals surface area contributed by atoms with E-state index in [9.17, 15) is 28.8 Å². The molecular formula is C16H16O10. The number of rotatable bonds is 5. The van der Waals surface area contributed by atoms with Crippen molar-refractivity contribution in [3.8, 4) is 0 Å². The second-order valence-electron chi connectivity index (χ2n) is 4.60. The van der Waals surface area contributed by atoms with E-state index in [-0.39, 0.29) is 24.0 Å². The van der Waals surface area contributed by atoms with Gasteiger partial charge in [0.05, 0.1) is 24.0 Å². The highest BCUT2D eigenvalue weighted by Crippen LogP contribution is 2.12. The lowest BCUT2D eigenvalue weighted by molar-refractivity contribution is -0.143. The second-order valence-corrected chi connectivity index (χ2v) is 4.60. The van der Waals surface area contributed by atoms with Gasteiger partial charge in [0.25, 0.3) is 0 Å². The summed E-state index contributed by atoms with van der Waals surface area (Å²) < 4.78 is 8.72. The molecule has 2 N–H and O–H groups in total. The Morgan fingerprint density at radius 2 is 1.04 bits per heavy atom. The maximum atomic E-state index is 11.5. The molecule has 0 radical (unpaired) electrons. The van der Waals surface area contributed by atoms with Gasteiger partial charge in [-0.3, -0.25) is 19.2 Å². The van der Waals surface area contributed by atoms with E-state index in [0.29, 0.717) is 0 Å². The smallest absolute Gasteiger partial charge is 0.346 e. The summed E-state index contributed by atoms with van der Waals surface area (Å²) in [6.45, 7) is 2.13. The number of benzene rings is 1. The van der Waals surface area contributed by atoms with Crippen molar-refractivity contribution in [3.63, 3.8) is 0 Å². The van der Waals surface area contributed by atoms with Gasteiger partial charge in [0.15, 0.2) is 0 Å². The van der Waals surface area contributed by atoms with Gasteiger partial charge in [-0.1, -0.05) is 12.1 Å². The van der Waals surface area contributed by atoms with Crippen molar-refractivity contribution < 1.29 is 48.5 Å². The molecule has 0 aliphatic carbocycles. The average molecular weight is 368 g/mol. The summed E-state index contributed by atoms with van der Waals surface area (Å²) in [6, 6.07) is 5.56. The summed E-state index contributed by atoms with van der Waals surface area (Å²) in [5, 5.41) is 15.8. The van der Waals surface area contributed by atoms with Crippen molar-refractivity contribution >= 4 is 35.8 Å². The minimum atomic E-state index is -1.08. The van der Waals surface area contributed by atoms with E-state index >= 15 is 0 Å². The van der Waals surface area contributed by atoms with Crippen LogP contribution in [0.2, 0.25) is 0 Å². The van der Waals surface area contributed by atoms with Crippen LogP contribution >= 0.6 is 0 Å². The molecule has 0 aliphatic heterocycles. The number of aliphatic carboxylic acids is 2. The number of carboxylic acid groups (broad SMARTS) is 2. The summed E-state index contributed by atoms with van der Waals surface area (Å²) in [7, 11) is 0. The zero-order valence-electron chi connectivity index (χ0n) is 13.9. The number of carboxylic acids is 2. The van der Waals surface area contributed by atoms with Crippen LogP contribution in [0.5, 0.6) is 0 Å². The predicted octanol–water partition coefficient (Wildman–Crippen LogP) is 1.03. The molecule has 0 atom stereocenters. The number of esters is 4. The highest BCUT2D eigenvalue weighted by molar-refractivity contribution is 6.07. The Balaban J connectivity index is 0.000000660. The number of ether oxygens (including phenoxy) is 2. The van der Waals surface area contributed by atoms with Gasteiger partial charge in [0.1, 0.15) is 0 Å². The van der Waals surface area contributed by atoms with Gasteiger partial charge >= 0.3 is 35.8 Å². The molecule has 0 heterocycles. The Morgan fingerprint density at radius 3 is 1.27 bits per heavy atom. The number of carbonyl (C=O) groups excluding carboxylic acids is 4. The molecule has 1 rings (SSSR count). The molecule has 0 amide bonds. The molecule has 0 bridgehead atoms. The molecule has 26 heavy (non-hydrogen) atoms. The Labute approximate surface area is 147 Å². The molecule has 0 unspecified atom stereocenters. The highest BCUT2D eigenvalue weighted by Gasteiger charge is 2.20. The van der Waals surface area contributed by atoms with Gasteiger partial charge < -0.3 is 19.7 Å². The fourth-order valence-electron chi connectivity index (χ4n) is 1.42. The molecule has 140 valence electrons. The molecule has 0 spiro atoms. The summed E-state index contributed by atoms with van der Waals surface area (Å²) >= 11 is 0. The Bertz CT molecular complexity index is 658. The zero-order valence-corrected chi connectivity index (χ0v) is 13.9.